The number of amides is 1. The summed E-state index contributed by atoms with van der Waals surface area (Å²) in [6, 6.07) is 11.7. The van der Waals surface area contributed by atoms with E-state index in [2.05, 4.69) is 58.6 Å². The second kappa shape index (κ2) is 7.50. The lowest BCUT2D eigenvalue weighted by Crippen LogP contribution is -2.28. The van der Waals surface area contributed by atoms with E-state index in [1.807, 2.05) is 24.7 Å². The van der Waals surface area contributed by atoms with Crippen LogP contribution in [0, 0.1) is 13.8 Å². The van der Waals surface area contributed by atoms with Crippen LogP contribution in [0.2, 0.25) is 0 Å². The van der Waals surface area contributed by atoms with Crippen molar-refractivity contribution in [3.8, 4) is 11.3 Å². The molecule has 1 unspecified atom stereocenters. The fourth-order valence-corrected chi connectivity index (χ4v) is 3.41. The molecule has 1 aromatic carbocycles. The van der Waals surface area contributed by atoms with Crippen molar-refractivity contribution in [2.45, 2.75) is 33.2 Å². The zero-order valence-corrected chi connectivity index (χ0v) is 17.0. The lowest BCUT2D eigenvalue weighted by molar-refractivity contribution is 0.0930. The number of fused-ring (bicyclic) bond motifs is 1. The molecular weight excluding hydrogens is 364 g/mol. The Hall–Kier alpha value is -3.48. The average molecular weight is 388 g/mol. The Balaban J connectivity index is 1.65. The van der Waals surface area contributed by atoms with Gasteiger partial charge in [-0.05, 0) is 31.9 Å². The van der Waals surface area contributed by atoms with Gasteiger partial charge in [0.05, 0.1) is 17.9 Å². The lowest BCUT2D eigenvalue weighted by atomic mass is 10.0. The molecule has 29 heavy (non-hydrogen) atoms. The summed E-state index contributed by atoms with van der Waals surface area (Å²) in [4.78, 5) is 17.3. The van der Waals surface area contributed by atoms with Crippen LogP contribution in [0.25, 0.3) is 16.9 Å². The molecule has 0 saturated heterocycles. The van der Waals surface area contributed by atoms with Crippen LogP contribution in [0.15, 0.2) is 48.8 Å². The van der Waals surface area contributed by atoms with Crippen LogP contribution in [0.5, 0.6) is 0 Å². The van der Waals surface area contributed by atoms with Crippen LogP contribution >= 0.6 is 0 Å². The van der Waals surface area contributed by atoms with E-state index in [0.717, 1.165) is 28.9 Å². The van der Waals surface area contributed by atoms with Crippen molar-refractivity contribution in [3.05, 3.63) is 71.3 Å². The van der Waals surface area contributed by atoms with Crippen molar-refractivity contribution < 1.29 is 4.79 Å². The van der Waals surface area contributed by atoms with Gasteiger partial charge in [-0.15, -0.1) is 0 Å². The minimum atomic E-state index is -0.211. The van der Waals surface area contributed by atoms with E-state index in [1.54, 1.807) is 23.0 Å². The van der Waals surface area contributed by atoms with Gasteiger partial charge in [-0.3, -0.25) is 9.48 Å². The zero-order valence-electron chi connectivity index (χ0n) is 17.0. The molecule has 0 aliphatic heterocycles. The number of rotatable bonds is 5. The van der Waals surface area contributed by atoms with Crippen LogP contribution in [0.1, 0.15) is 46.7 Å². The number of aryl methyl sites for hydroxylation is 2. The molecule has 4 aromatic rings. The van der Waals surface area contributed by atoms with Crippen molar-refractivity contribution >= 4 is 11.6 Å². The van der Waals surface area contributed by atoms with Gasteiger partial charge in [0, 0.05) is 30.6 Å². The van der Waals surface area contributed by atoms with Gasteiger partial charge in [-0.2, -0.15) is 10.2 Å². The summed E-state index contributed by atoms with van der Waals surface area (Å²) in [5.74, 6) is -0.211. The zero-order chi connectivity index (χ0) is 20.5. The smallest absolute Gasteiger partial charge is 0.272 e. The van der Waals surface area contributed by atoms with E-state index < -0.39 is 0 Å². The van der Waals surface area contributed by atoms with Gasteiger partial charge in [0.25, 0.3) is 5.91 Å². The summed E-state index contributed by atoms with van der Waals surface area (Å²) in [5.41, 5.74) is 6.08. The molecule has 7 nitrogen and oxygen atoms in total. The van der Waals surface area contributed by atoms with Gasteiger partial charge < -0.3 is 5.32 Å². The van der Waals surface area contributed by atoms with Gasteiger partial charge in [0.1, 0.15) is 0 Å². The van der Waals surface area contributed by atoms with Crippen molar-refractivity contribution in [2.24, 2.45) is 7.05 Å². The Morgan fingerprint density at radius 3 is 2.59 bits per heavy atom. The van der Waals surface area contributed by atoms with Crippen LogP contribution < -0.4 is 5.32 Å². The molecule has 1 amide bonds. The quantitative estimate of drug-likeness (QED) is 0.566. The molecule has 0 spiro atoms. The van der Waals surface area contributed by atoms with Crippen molar-refractivity contribution in [2.75, 3.05) is 0 Å². The van der Waals surface area contributed by atoms with E-state index in [0.29, 0.717) is 11.3 Å². The third-order valence-electron chi connectivity index (χ3n) is 5.30. The van der Waals surface area contributed by atoms with E-state index in [1.165, 1.54) is 5.56 Å². The highest BCUT2D eigenvalue weighted by atomic mass is 16.2. The summed E-state index contributed by atoms with van der Waals surface area (Å²) >= 11 is 0. The van der Waals surface area contributed by atoms with Crippen LogP contribution in [0.4, 0.5) is 0 Å². The van der Waals surface area contributed by atoms with Crippen LogP contribution in [0.3, 0.4) is 0 Å². The normalized spacial score (nSPS) is 12.3. The third kappa shape index (κ3) is 3.51. The molecule has 0 aliphatic carbocycles. The molecular formula is C22H24N6O. The molecule has 4 rings (SSSR count). The molecule has 148 valence electrons. The Morgan fingerprint density at radius 2 is 1.93 bits per heavy atom. The van der Waals surface area contributed by atoms with Crippen molar-refractivity contribution in [1.29, 1.82) is 0 Å². The number of nitrogens with zero attached hydrogens (tertiary/aromatic N) is 5. The summed E-state index contributed by atoms with van der Waals surface area (Å²) in [6.07, 6.45) is 4.32. The predicted octanol–water partition coefficient (Wildman–Crippen LogP) is 3.63. The molecule has 0 radical (unpaired) electrons. The largest absolute Gasteiger partial charge is 0.344 e. The van der Waals surface area contributed by atoms with Gasteiger partial charge in [0.2, 0.25) is 0 Å². The van der Waals surface area contributed by atoms with Crippen molar-refractivity contribution in [3.63, 3.8) is 0 Å². The molecule has 3 aromatic heterocycles. The predicted molar refractivity (Wildman–Crippen MR) is 112 cm³/mol. The Bertz CT molecular complexity index is 1170. The number of benzene rings is 1. The molecule has 1 atom stereocenters. The van der Waals surface area contributed by atoms with E-state index in [-0.39, 0.29) is 11.9 Å². The van der Waals surface area contributed by atoms with Crippen LogP contribution in [-0.4, -0.2) is 30.3 Å². The highest BCUT2D eigenvalue weighted by Gasteiger charge is 2.19. The topological polar surface area (TPSA) is 77.1 Å². The van der Waals surface area contributed by atoms with E-state index >= 15 is 0 Å². The maximum Gasteiger partial charge on any atom is 0.272 e. The average Bonchev–Trinajstić information content (AvgIpc) is 3.30. The third-order valence-corrected chi connectivity index (χ3v) is 5.30. The first kappa shape index (κ1) is 18.9. The first-order valence-electron chi connectivity index (χ1n) is 9.69. The van der Waals surface area contributed by atoms with E-state index in [4.69, 9.17) is 0 Å². The fourth-order valence-electron chi connectivity index (χ4n) is 3.41. The van der Waals surface area contributed by atoms with Gasteiger partial charge in [0.15, 0.2) is 11.3 Å². The molecule has 3 heterocycles. The monoisotopic (exact) mass is 388 g/mol. The molecule has 1 N–H and O–H groups in total. The number of carbonyl (C=O) groups excluding carboxylic acids is 1. The maximum atomic E-state index is 12.9. The molecule has 0 fully saturated rings. The second-order valence-electron chi connectivity index (χ2n) is 7.24. The number of hydrogen-bond donors (Lipinski definition) is 1. The Kier molecular flexibility index (Phi) is 4.88. The minimum absolute atomic E-state index is 0.0686. The SMILES string of the molecule is CCC(NC(=O)c1cc2nccc(-c3cnn(C)c3C)n2n1)c1ccc(C)cc1. The fraction of sp³-hybridized carbons (Fsp3) is 0.273. The summed E-state index contributed by atoms with van der Waals surface area (Å²) in [6.45, 7) is 6.10. The van der Waals surface area contributed by atoms with E-state index in [9.17, 15) is 4.79 Å². The molecule has 7 heteroatoms. The minimum Gasteiger partial charge on any atom is -0.344 e. The van der Waals surface area contributed by atoms with Gasteiger partial charge >= 0.3 is 0 Å². The highest BCUT2D eigenvalue weighted by molar-refractivity contribution is 5.93. The second-order valence-corrected chi connectivity index (χ2v) is 7.24. The van der Waals surface area contributed by atoms with Crippen LogP contribution in [-0.2, 0) is 7.05 Å². The number of carbonyl (C=O) groups is 1. The summed E-state index contributed by atoms with van der Waals surface area (Å²) in [7, 11) is 1.90. The molecule has 0 saturated carbocycles. The number of nitrogens with one attached hydrogen (secondary N) is 1. The lowest BCUT2D eigenvalue weighted by Gasteiger charge is -2.17. The molecule has 0 bridgehead atoms. The van der Waals surface area contributed by atoms with Gasteiger partial charge in [-0.1, -0.05) is 36.8 Å². The first-order chi connectivity index (χ1) is 14.0. The Morgan fingerprint density at radius 1 is 1.17 bits per heavy atom. The highest BCUT2D eigenvalue weighted by Crippen LogP contribution is 2.23. The standard InChI is InChI=1S/C22H24N6O/c1-5-18(16-8-6-14(2)7-9-16)25-22(29)19-12-21-23-11-10-20(28(21)26-19)17-13-24-27(4)15(17)3/h6-13,18H,5H2,1-4H3,(H,25,29). The summed E-state index contributed by atoms with van der Waals surface area (Å²) in [5, 5.41) is 11.9. The summed E-state index contributed by atoms with van der Waals surface area (Å²) < 4.78 is 3.51. The first-order valence-corrected chi connectivity index (χ1v) is 9.69. The molecule has 0 aliphatic rings. The number of aromatic nitrogens is 5. The maximum absolute atomic E-state index is 12.9. The van der Waals surface area contributed by atoms with Gasteiger partial charge in [-0.25, -0.2) is 9.50 Å². The number of hydrogen-bond acceptors (Lipinski definition) is 4. The van der Waals surface area contributed by atoms with Crippen molar-refractivity contribution in [1.82, 2.24) is 29.7 Å². The Labute approximate surface area is 169 Å².